The molecular weight excluding hydrogens is 552 g/mol. The van der Waals surface area contributed by atoms with E-state index < -0.39 is 55.9 Å². The summed E-state index contributed by atoms with van der Waals surface area (Å²) in [6.07, 6.45) is 8.64. The van der Waals surface area contributed by atoms with Crippen LogP contribution in [0.3, 0.4) is 0 Å². The number of hydrogen-bond acceptors (Lipinski definition) is 8. The zero-order valence-electron chi connectivity index (χ0n) is 24.5. The van der Waals surface area contributed by atoms with Crippen LogP contribution in [0.5, 0.6) is 0 Å². The highest BCUT2D eigenvalue weighted by Gasteiger charge is 2.63. The highest BCUT2D eigenvalue weighted by atomic mass is 32.2. The van der Waals surface area contributed by atoms with Crippen LogP contribution in [0.15, 0.2) is 12.2 Å². The van der Waals surface area contributed by atoms with Gasteiger partial charge in [0.15, 0.2) is 0 Å². The maximum Gasteiger partial charge on any atom is 0.408 e. The summed E-state index contributed by atoms with van der Waals surface area (Å²) in [5.41, 5.74) is -2.16. The number of allylic oxidation sites excluding steroid dienone is 1. The van der Waals surface area contributed by atoms with Gasteiger partial charge in [-0.3, -0.25) is 19.1 Å². The first-order valence-corrected chi connectivity index (χ1v) is 16.1. The fraction of sp³-hybridized carbons (Fsp3) is 0.786. The van der Waals surface area contributed by atoms with Crippen LogP contribution in [0.25, 0.3) is 0 Å². The minimum atomic E-state index is -4.03. The molecule has 2 aliphatic carbocycles. The topological polar surface area (TPSA) is 160 Å². The Morgan fingerprint density at radius 3 is 2.51 bits per heavy atom. The second-order valence-corrected chi connectivity index (χ2v) is 14.9. The number of hydrogen-bond donors (Lipinski definition) is 3. The number of nitrogens with zero attached hydrogens (tertiary/aromatic N) is 1. The molecule has 2 aliphatic heterocycles. The van der Waals surface area contributed by atoms with E-state index in [4.69, 9.17) is 9.47 Å². The average molecular weight is 597 g/mol. The molecule has 4 aliphatic rings. The number of carbonyl (C=O) groups excluding carboxylic acids is 4. The summed E-state index contributed by atoms with van der Waals surface area (Å²) in [7, 11) is -2.61. The summed E-state index contributed by atoms with van der Waals surface area (Å²) < 4.78 is 37.8. The molecule has 13 heteroatoms. The van der Waals surface area contributed by atoms with Crippen molar-refractivity contribution in [2.45, 2.75) is 113 Å². The molecule has 2 saturated carbocycles. The molecule has 2 heterocycles. The van der Waals surface area contributed by atoms with Gasteiger partial charge in [-0.2, -0.15) is 0 Å². The number of alkyl carbamates (subject to hydrolysis) is 1. The van der Waals surface area contributed by atoms with E-state index in [1.165, 1.54) is 12.0 Å². The summed E-state index contributed by atoms with van der Waals surface area (Å²) in [6.45, 7) is 5.53. The van der Waals surface area contributed by atoms with E-state index in [0.717, 1.165) is 19.3 Å². The fourth-order valence-corrected chi connectivity index (χ4v) is 7.31. The Kier molecular flexibility index (Phi) is 9.08. The van der Waals surface area contributed by atoms with Crippen LogP contribution in [0.1, 0.15) is 85.0 Å². The summed E-state index contributed by atoms with van der Waals surface area (Å²) in [6, 6.07) is -1.70. The van der Waals surface area contributed by atoms with Crippen LogP contribution < -0.4 is 15.4 Å². The Morgan fingerprint density at radius 1 is 1.12 bits per heavy atom. The van der Waals surface area contributed by atoms with Gasteiger partial charge in [0.05, 0.1) is 6.61 Å². The lowest BCUT2D eigenvalue weighted by Gasteiger charge is -2.30. The predicted molar refractivity (Wildman–Crippen MR) is 150 cm³/mol. The number of amides is 4. The molecule has 0 spiro atoms. The van der Waals surface area contributed by atoms with Crippen molar-refractivity contribution in [2.24, 2.45) is 5.92 Å². The molecule has 0 radical (unpaired) electrons. The number of rotatable bonds is 6. The molecule has 0 aromatic heterocycles. The summed E-state index contributed by atoms with van der Waals surface area (Å²) in [5.74, 6) is -2.02. The van der Waals surface area contributed by atoms with E-state index in [1.54, 1.807) is 20.8 Å². The quantitative estimate of drug-likeness (QED) is 0.392. The van der Waals surface area contributed by atoms with Crippen molar-refractivity contribution in [3.05, 3.63) is 12.2 Å². The molecular formula is C28H44N4O8S. The van der Waals surface area contributed by atoms with Crippen molar-refractivity contribution < 1.29 is 37.1 Å². The number of methoxy groups -OCH3 is 1. The molecule has 1 saturated heterocycles. The largest absolute Gasteiger partial charge is 0.444 e. The molecule has 3 N–H and O–H groups in total. The molecule has 4 rings (SSSR count). The average Bonchev–Trinajstić information content (AvgIpc) is 3.75. The molecule has 12 nitrogen and oxygen atoms in total. The van der Waals surface area contributed by atoms with Gasteiger partial charge in [-0.15, -0.1) is 0 Å². The minimum absolute atomic E-state index is 0.0179. The molecule has 0 aromatic rings. The first-order chi connectivity index (χ1) is 19.2. The third-order valence-corrected chi connectivity index (χ3v) is 10.5. The lowest BCUT2D eigenvalue weighted by atomic mass is 10.0. The Morgan fingerprint density at radius 2 is 1.85 bits per heavy atom. The van der Waals surface area contributed by atoms with Crippen LogP contribution in [-0.4, -0.2) is 85.4 Å². The fourth-order valence-electron chi connectivity index (χ4n) is 5.76. The number of nitrogens with one attached hydrogen (secondary N) is 3. The smallest absolute Gasteiger partial charge is 0.408 e. The predicted octanol–water partition coefficient (Wildman–Crippen LogP) is 1.89. The van der Waals surface area contributed by atoms with E-state index in [-0.39, 0.29) is 24.9 Å². The van der Waals surface area contributed by atoms with Gasteiger partial charge in [-0.1, -0.05) is 25.0 Å². The first kappa shape index (κ1) is 31.3. The van der Waals surface area contributed by atoms with Crippen LogP contribution in [0, 0.1) is 5.92 Å². The van der Waals surface area contributed by atoms with Gasteiger partial charge in [-0.25, -0.2) is 13.2 Å². The molecule has 0 bridgehead atoms. The number of carbonyl (C=O) groups is 4. The molecule has 0 unspecified atom stereocenters. The minimum Gasteiger partial charge on any atom is -0.444 e. The van der Waals surface area contributed by atoms with Crippen LogP contribution in [0.4, 0.5) is 4.79 Å². The second-order valence-electron chi connectivity index (χ2n) is 12.8. The van der Waals surface area contributed by atoms with Gasteiger partial charge in [0.1, 0.15) is 28.0 Å². The van der Waals surface area contributed by atoms with Crippen molar-refractivity contribution in [1.82, 2.24) is 20.3 Å². The summed E-state index contributed by atoms with van der Waals surface area (Å²) in [5, 5.41) is 5.54. The molecule has 0 aromatic carbocycles. The van der Waals surface area contributed by atoms with Gasteiger partial charge >= 0.3 is 6.09 Å². The lowest BCUT2D eigenvalue weighted by Crippen LogP contribution is -2.59. The molecule has 3 fully saturated rings. The van der Waals surface area contributed by atoms with Gasteiger partial charge in [0, 0.05) is 19.6 Å². The summed E-state index contributed by atoms with van der Waals surface area (Å²) >= 11 is 0. The number of ether oxygens (including phenoxy) is 2. The van der Waals surface area contributed by atoms with Crippen LogP contribution in [0.2, 0.25) is 0 Å². The third kappa shape index (κ3) is 7.04. The van der Waals surface area contributed by atoms with E-state index >= 15 is 0 Å². The van der Waals surface area contributed by atoms with Gasteiger partial charge in [0.25, 0.3) is 5.91 Å². The highest BCUT2D eigenvalue weighted by Crippen LogP contribution is 2.47. The van der Waals surface area contributed by atoms with E-state index in [2.05, 4.69) is 15.4 Å². The Bertz CT molecular complexity index is 1180. The first-order valence-electron chi connectivity index (χ1n) is 14.6. The standard InChI is InChI=1S/C28H44N4O8S/c1-26(2,3)40-25(36)29-20-12-9-7-5-6-8-11-19-17-28(19,30-22(33)21-13-10-16-32(21)23(20)34)24(35)31-41(37,38)27(14-15-27)18-39-4/h8,11,19-21H,5-7,9-10,12-18H2,1-4H3,(H,29,36)(H,30,33)(H,31,35)/t19-,20+,21+,28-/m1/s1. The SMILES string of the molecule is COCC1(S(=O)(=O)NC(=O)[C@@]23C[C@H]2C=CCCCCC[C@H](NC(=O)OC(C)(C)C)C(=O)N2CCC[C@H]2C(=O)N3)CC1. The maximum atomic E-state index is 13.7. The molecule has 41 heavy (non-hydrogen) atoms. The van der Waals surface area contributed by atoms with Gasteiger partial charge < -0.3 is 25.0 Å². The summed E-state index contributed by atoms with van der Waals surface area (Å²) in [4.78, 5) is 54.8. The van der Waals surface area contributed by atoms with Crippen LogP contribution in [-0.2, 0) is 33.9 Å². The normalized spacial score (nSPS) is 30.1. The molecule has 4 atom stereocenters. The third-order valence-electron chi connectivity index (χ3n) is 8.34. The van der Waals surface area contributed by atoms with Crippen LogP contribution >= 0.6 is 0 Å². The number of sulfonamides is 1. The number of fused-ring (bicyclic) bond motifs is 2. The van der Waals surface area contributed by atoms with Crippen molar-refractivity contribution in [3.63, 3.8) is 0 Å². The zero-order valence-corrected chi connectivity index (χ0v) is 25.3. The molecule has 4 amide bonds. The van der Waals surface area contributed by atoms with Gasteiger partial charge in [-0.05, 0) is 72.1 Å². The van der Waals surface area contributed by atoms with Crippen molar-refractivity contribution in [1.29, 1.82) is 0 Å². The zero-order chi connectivity index (χ0) is 30.1. The second kappa shape index (κ2) is 11.9. The monoisotopic (exact) mass is 596 g/mol. The Labute approximate surface area is 242 Å². The lowest BCUT2D eigenvalue weighted by molar-refractivity contribution is -0.141. The Hall–Kier alpha value is -2.67. The molecule has 230 valence electrons. The van der Waals surface area contributed by atoms with Crippen molar-refractivity contribution >= 4 is 33.8 Å². The van der Waals surface area contributed by atoms with Crippen molar-refractivity contribution in [3.8, 4) is 0 Å². The highest BCUT2D eigenvalue weighted by molar-refractivity contribution is 7.91. The van der Waals surface area contributed by atoms with E-state index in [9.17, 15) is 27.6 Å². The Balaban J connectivity index is 1.54. The maximum absolute atomic E-state index is 13.7. The van der Waals surface area contributed by atoms with E-state index in [1.807, 2.05) is 12.2 Å². The van der Waals surface area contributed by atoms with Crippen molar-refractivity contribution in [2.75, 3.05) is 20.3 Å². The van der Waals surface area contributed by atoms with Gasteiger partial charge in [0.2, 0.25) is 21.8 Å². The van der Waals surface area contributed by atoms with E-state index in [0.29, 0.717) is 45.1 Å².